The van der Waals surface area contributed by atoms with Gasteiger partial charge >= 0.3 is 0 Å². The number of hydrogen-bond donors (Lipinski definition) is 0. The van der Waals surface area contributed by atoms with Crippen molar-refractivity contribution < 1.29 is 4.42 Å². The molecule has 1 aliphatic heterocycles. The van der Waals surface area contributed by atoms with Crippen molar-refractivity contribution >= 4 is 5.71 Å². The van der Waals surface area contributed by atoms with Gasteiger partial charge in [0.1, 0.15) is 12.0 Å². The van der Waals surface area contributed by atoms with Gasteiger partial charge in [-0.3, -0.25) is 14.5 Å². The molecule has 0 saturated heterocycles. The van der Waals surface area contributed by atoms with Crippen molar-refractivity contribution in [3.8, 4) is 17.1 Å². The molecule has 5 heteroatoms. The highest BCUT2D eigenvalue weighted by atomic mass is 16.3. The van der Waals surface area contributed by atoms with E-state index in [0.717, 1.165) is 39.8 Å². The van der Waals surface area contributed by atoms with Crippen molar-refractivity contribution in [2.45, 2.75) is 31.7 Å². The van der Waals surface area contributed by atoms with Crippen LogP contribution in [-0.4, -0.2) is 20.2 Å². The largest absolute Gasteiger partial charge is 0.463 e. The Labute approximate surface area is 168 Å². The number of furan rings is 1. The van der Waals surface area contributed by atoms with Crippen LogP contribution in [0, 0.1) is 0 Å². The number of hydrogen-bond acceptors (Lipinski definition) is 4. The fourth-order valence-corrected chi connectivity index (χ4v) is 4.21. The summed E-state index contributed by atoms with van der Waals surface area (Å²) in [5.41, 5.74) is 7.29. The van der Waals surface area contributed by atoms with Crippen LogP contribution in [-0.2, 0) is 0 Å². The number of benzene rings is 1. The van der Waals surface area contributed by atoms with Gasteiger partial charge in [0.2, 0.25) is 0 Å². The van der Waals surface area contributed by atoms with E-state index in [4.69, 9.17) is 9.41 Å². The molecule has 142 valence electrons. The Morgan fingerprint density at radius 2 is 1.97 bits per heavy atom. The van der Waals surface area contributed by atoms with Gasteiger partial charge in [0.15, 0.2) is 5.76 Å². The van der Waals surface area contributed by atoms with E-state index >= 15 is 0 Å². The number of rotatable bonds is 3. The SMILES string of the molecule is C[C@H]1N=C(c2ccccn2)c2cc(C3CC3)ccc2-n2cnc(-c3ccco3)c21. The molecule has 0 amide bonds. The lowest BCUT2D eigenvalue weighted by molar-refractivity contribution is 0.578. The summed E-state index contributed by atoms with van der Waals surface area (Å²) in [5.74, 6) is 1.44. The molecule has 0 unspecified atom stereocenters. The Morgan fingerprint density at radius 3 is 2.72 bits per heavy atom. The molecule has 2 aliphatic rings. The topological polar surface area (TPSA) is 56.2 Å². The number of pyridine rings is 1. The standard InChI is InChI=1S/C24H20N4O/c1-15-24-23(21-6-4-12-29-21)26-14-28(24)20-10-9-17(16-7-8-16)13-18(20)22(27-15)19-5-2-3-11-25-19/h2-6,9-16H,7-8H2,1H3/t15-/m1/s1. The van der Waals surface area contributed by atoms with E-state index in [1.807, 2.05) is 42.9 Å². The summed E-state index contributed by atoms with van der Waals surface area (Å²) >= 11 is 0. The van der Waals surface area contributed by atoms with Gasteiger partial charge in [0.05, 0.1) is 35.1 Å². The molecule has 1 aliphatic carbocycles. The summed E-state index contributed by atoms with van der Waals surface area (Å²) in [7, 11) is 0. The van der Waals surface area contributed by atoms with E-state index in [1.165, 1.54) is 18.4 Å². The first-order valence-electron chi connectivity index (χ1n) is 10.0. The van der Waals surface area contributed by atoms with Crippen LogP contribution in [0.1, 0.15) is 54.2 Å². The van der Waals surface area contributed by atoms with Gasteiger partial charge in [-0.2, -0.15) is 0 Å². The molecular weight excluding hydrogens is 360 g/mol. The van der Waals surface area contributed by atoms with E-state index < -0.39 is 0 Å². The summed E-state index contributed by atoms with van der Waals surface area (Å²) in [5, 5.41) is 0. The molecule has 3 aromatic heterocycles. The minimum Gasteiger partial charge on any atom is -0.463 e. The first kappa shape index (κ1) is 16.5. The van der Waals surface area contributed by atoms with E-state index in [9.17, 15) is 0 Å². The fourth-order valence-electron chi connectivity index (χ4n) is 4.21. The van der Waals surface area contributed by atoms with E-state index in [0.29, 0.717) is 5.92 Å². The number of aromatic nitrogens is 3. The quantitative estimate of drug-likeness (QED) is 0.483. The van der Waals surface area contributed by atoms with Crippen LogP contribution >= 0.6 is 0 Å². The molecule has 1 atom stereocenters. The average Bonchev–Trinajstić information content (AvgIpc) is 3.31. The van der Waals surface area contributed by atoms with Gasteiger partial charge in [0, 0.05) is 11.8 Å². The second-order valence-corrected chi connectivity index (χ2v) is 7.75. The molecule has 6 rings (SSSR count). The lowest BCUT2D eigenvalue weighted by Crippen LogP contribution is -2.09. The van der Waals surface area contributed by atoms with Crippen molar-refractivity contribution in [3.05, 3.63) is 89.8 Å². The Morgan fingerprint density at radius 1 is 1.03 bits per heavy atom. The highest BCUT2D eigenvalue weighted by Crippen LogP contribution is 2.42. The second kappa shape index (κ2) is 6.27. The maximum absolute atomic E-state index is 5.65. The van der Waals surface area contributed by atoms with Crippen LogP contribution in [0.25, 0.3) is 17.1 Å². The molecule has 0 spiro atoms. The molecule has 5 nitrogen and oxygen atoms in total. The van der Waals surface area contributed by atoms with Gasteiger partial charge in [-0.25, -0.2) is 4.98 Å². The molecule has 1 fully saturated rings. The molecule has 1 saturated carbocycles. The Balaban J connectivity index is 1.62. The number of aliphatic imine (C=N–C) groups is 1. The predicted molar refractivity (Wildman–Crippen MR) is 112 cm³/mol. The zero-order chi connectivity index (χ0) is 19.4. The van der Waals surface area contributed by atoms with Crippen LogP contribution in [0.5, 0.6) is 0 Å². The van der Waals surface area contributed by atoms with Crippen molar-refractivity contribution in [1.82, 2.24) is 14.5 Å². The summed E-state index contributed by atoms with van der Waals surface area (Å²) in [4.78, 5) is 14.4. The van der Waals surface area contributed by atoms with Crippen molar-refractivity contribution in [1.29, 1.82) is 0 Å². The molecule has 0 radical (unpaired) electrons. The van der Waals surface area contributed by atoms with E-state index in [-0.39, 0.29) is 6.04 Å². The van der Waals surface area contributed by atoms with Crippen molar-refractivity contribution in [3.63, 3.8) is 0 Å². The third-order valence-corrected chi connectivity index (χ3v) is 5.77. The summed E-state index contributed by atoms with van der Waals surface area (Å²) < 4.78 is 7.82. The van der Waals surface area contributed by atoms with Gasteiger partial charge in [-0.05, 0) is 67.6 Å². The van der Waals surface area contributed by atoms with Crippen molar-refractivity contribution in [2.75, 3.05) is 0 Å². The predicted octanol–water partition coefficient (Wildman–Crippen LogP) is 5.32. The van der Waals surface area contributed by atoms with Crippen LogP contribution in [0.2, 0.25) is 0 Å². The zero-order valence-electron chi connectivity index (χ0n) is 16.1. The Bertz CT molecular complexity index is 1220. The summed E-state index contributed by atoms with van der Waals surface area (Å²) in [6, 6.07) is 16.5. The van der Waals surface area contributed by atoms with E-state index in [1.54, 1.807) is 6.26 Å². The minimum absolute atomic E-state index is 0.0913. The van der Waals surface area contributed by atoms with Crippen LogP contribution in [0.15, 0.2) is 76.7 Å². The smallest absolute Gasteiger partial charge is 0.154 e. The van der Waals surface area contributed by atoms with Gasteiger partial charge in [0.25, 0.3) is 0 Å². The van der Waals surface area contributed by atoms with Gasteiger partial charge < -0.3 is 4.42 Å². The third-order valence-electron chi connectivity index (χ3n) is 5.77. The van der Waals surface area contributed by atoms with Crippen LogP contribution in [0.4, 0.5) is 0 Å². The highest BCUT2D eigenvalue weighted by molar-refractivity contribution is 6.14. The number of imidazole rings is 1. The minimum atomic E-state index is -0.0913. The lowest BCUT2D eigenvalue weighted by Gasteiger charge is -2.13. The van der Waals surface area contributed by atoms with Crippen LogP contribution in [0.3, 0.4) is 0 Å². The Hall–Kier alpha value is -3.47. The molecule has 0 N–H and O–H groups in total. The third kappa shape index (κ3) is 2.65. The maximum atomic E-state index is 5.65. The number of fused-ring (bicyclic) bond motifs is 3. The number of nitrogens with zero attached hydrogens (tertiary/aromatic N) is 4. The molecule has 4 heterocycles. The molecule has 1 aromatic carbocycles. The highest BCUT2D eigenvalue weighted by Gasteiger charge is 2.30. The van der Waals surface area contributed by atoms with Crippen molar-refractivity contribution in [2.24, 2.45) is 4.99 Å². The first-order chi connectivity index (χ1) is 14.3. The molecule has 29 heavy (non-hydrogen) atoms. The second-order valence-electron chi connectivity index (χ2n) is 7.75. The van der Waals surface area contributed by atoms with E-state index in [2.05, 4.69) is 39.7 Å². The Kier molecular flexibility index (Phi) is 3.57. The zero-order valence-corrected chi connectivity index (χ0v) is 16.1. The van der Waals surface area contributed by atoms with Gasteiger partial charge in [-0.15, -0.1) is 0 Å². The molecule has 4 aromatic rings. The molecular formula is C24H20N4O. The lowest BCUT2D eigenvalue weighted by atomic mass is 9.99. The fraction of sp³-hybridized carbons (Fsp3) is 0.208. The van der Waals surface area contributed by atoms with Gasteiger partial charge in [-0.1, -0.05) is 12.1 Å². The average molecular weight is 380 g/mol. The normalized spacial score (nSPS) is 18.0. The summed E-state index contributed by atoms with van der Waals surface area (Å²) in [6.45, 7) is 2.11. The first-order valence-corrected chi connectivity index (χ1v) is 10.0. The monoisotopic (exact) mass is 380 g/mol. The molecule has 0 bridgehead atoms. The van der Waals surface area contributed by atoms with Crippen LogP contribution < -0.4 is 0 Å². The maximum Gasteiger partial charge on any atom is 0.154 e. The summed E-state index contributed by atoms with van der Waals surface area (Å²) in [6.07, 6.45) is 7.93.